The van der Waals surface area contributed by atoms with Gasteiger partial charge in [0.1, 0.15) is 5.70 Å². The van der Waals surface area contributed by atoms with Crippen LogP contribution >= 0.6 is 0 Å². The monoisotopic (exact) mass is 293 g/mol. The van der Waals surface area contributed by atoms with Gasteiger partial charge < -0.3 is 20.0 Å². The van der Waals surface area contributed by atoms with E-state index in [2.05, 4.69) is 0 Å². The molecule has 1 amide bonds. The van der Waals surface area contributed by atoms with Crippen molar-refractivity contribution in [3.05, 3.63) is 11.3 Å². The summed E-state index contributed by atoms with van der Waals surface area (Å²) in [5.41, 5.74) is 0.899. The van der Waals surface area contributed by atoms with Crippen LogP contribution in [0.5, 0.6) is 0 Å². The SMILES string of the molecule is CC(=N)N1CC(C2=C(C(=O)O)N3C(=O)[C@H]([C@@H](C)O)[C@H]3C2)C1. The first-order valence-corrected chi connectivity index (χ1v) is 7.10. The standard InChI is InChI=1S/C14H19N3O4/c1-6(18)11-10-3-9(8-4-16(5-8)7(2)15)12(14(20)21)17(10)13(11)19/h6,8,10-11,15,18H,3-5H2,1-2H3,(H,20,21)/t6-,10-,11-/m1/s1. The van der Waals surface area contributed by atoms with Crippen molar-refractivity contribution >= 4 is 17.7 Å². The largest absolute Gasteiger partial charge is 0.477 e. The second-order valence-electron chi connectivity index (χ2n) is 6.11. The summed E-state index contributed by atoms with van der Waals surface area (Å²) in [5, 5.41) is 26.7. The number of aliphatic hydroxyl groups excluding tert-OH is 1. The molecular formula is C14H19N3O4. The predicted molar refractivity (Wildman–Crippen MR) is 73.5 cm³/mol. The zero-order valence-electron chi connectivity index (χ0n) is 12.0. The van der Waals surface area contributed by atoms with Crippen molar-refractivity contribution in [3.63, 3.8) is 0 Å². The van der Waals surface area contributed by atoms with Gasteiger partial charge in [0.05, 0.1) is 23.9 Å². The first-order chi connectivity index (χ1) is 9.82. The summed E-state index contributed by atoms with van der Waals surface area (Å²) in [6, 6.07) is -0.214. The van der Waals surface area contributed by atoms with E-state index < -0.39 is 18.0 Å². The number of β-lactam (4-membered cyclic amide) rings is 1. The van der Waals surface area contributed by atoms with Crippen LogP contribution in [0.1, 0.15) is 20.3 Å². The maximum atomic E-state index is 12.1. The molecule has 3 aliphatic heterocycles. The summed E-state index contributed by atoms with van der Waals surface area (Å²) in [6.45, 7) is 4.55. The van der Waals surface area contributed by atoms with Crippen LogP contribution in [0.25, 0.3) is 0 Å². The lowest BCUT2D eigenvalue weighted by Crippen LogP contribution is -2.61. The molecule has 3 aliphatic rings. The summed E-state index contributed by atoms with van der Waals surface area (Å²) >= 11 is 0. The molecular weight excluding hydrogens is 274 g/mol. The van der Waals surface area contributed by atoms with Crippen LogP contribution in [0, 0.1) is 17.2 Å². The Balaban J connectivity index is 1.82. The normalized spacial score (nSPS) is 30.0. The van der Waals surface area contributed by atoms with Gasteiger partial charge >= 0.3 is 5.97 Å². The quantitative estimate of drug-likeness (QED) is 0.382. The third kappa shape index (κ3) is 1.87. The molecule has 0 radical (unpaired) electrons. The molecule has 2 saturated heterocycles. The summed E-state index contributed by atoms with van der Waals surface area (Å²) in [5.74, 6) is -1.29. The summed E-state index contributed by atoms with van der Waals surface area (Å²) in [4.78, 5) is 26.8. The average Bonchev–Trinajstić information content (AvgIpc) is 2.61. The van der Waals surface area contributed by atoms with Crippen molar-refractivity contribution in [2.75, 3.05) is 13.1 Å². The lowest BCUT2D eigenvalue weighted by atomic mass is 9.81. The minimum atomic E-state index is -1.07. The van der Waals surface area contributed by atoms with Gasteiger partial charge in [-0.1, -0.05) is 0 Å². The van der Waals surface area contributed by atoms with Gasteiger partial charge in [0.25, 0.3) is 0 Å². The maximum absolute atomic E-state index is 12.1. The van der Waals surface area contributed by atoms with Crippen molar-refractivity contribution in [2.24, 2.45) is 11.8 Å². The number of likely N-dealkylation sites (tertiary alicyclic amines) is 1. The Morgan fingerprint density at radius 3 is 2.52 bits per heavy atom. The van der Waals surface area contributed by atoms with Crippen LogP contribution in [-0.2, 0) is 9.59 Å². The lowest BCUT2D eigenvalue weighted by molar-refractivity contribution is -0.161. The molecule has 114 valence electrons. The Kier molecular flexibility index (Phi) is 3.05. The number of amidine groups is 1. The number of hydrogen-bond acceptors (Lipinski definition) is 4. The highest BCUT2D eigenvalue weighted by Gasteiger charge is 2.57. The van der Waals surface area contributed by atoms with Crippen LogP contribution in [0.2, 0.25) is 0 Å². The van der Waals surface area contributed by atoms with Crippen LogP contribution in [0.3, 0.4) is 0 Å². The van der Waals surface area contributed by atoms with Gasteiger partial charge in [-0.05, 0) is 25.8 Å². The van der Waals surface area contributed by atoms with E-state index in [9.17, 15) is 19.8 Å². The zero-order valence-corrected chi connectivity index (χ0v) is 12.0. The van der Waals surface area contributed by atoms with Crippen molar-refractivity contribution < 1.29 is 19.8 Å². The maximum Gasteiger partial charge on any atom is 0.352 e. The molecule has 7 nitrogen and oxygen atoms in total. The number of rotatable bonds is 3. The van der Waals surface area contributed by atoms with E-state index >= 15 is 0 Å². The van der Waals surface area contributed by atoms with E-state index in [0.29, 0.717) is 25.3 Å². The Labute approximate surface area is 122 Å². The summed E-state index contributed by atoms with van der Waals surface area (Å²) < 4.78 is 0. The molecule has 0 aromatic rings. The van der Waals surface area contributed by atoms with Gasteiger partial charge in [-0.15, -0.1) is 0 Å². The topological polar surface area (TPSA) is 105 Å². The third-order valence-corrected chi connectivity index (χ3v) is 4.81. The molecule has 0 aliphatic carbocycles. The molecule has 0 aromatic carbocycles. The van der Waals surface area contributed by atoms with Crippen LogP contribution in [0.15, 0.2) is 11.3 Å². The van der Waals surface area contributed by atoms with E-state index in [1.165, 1.54) is 4.90 Å². The Morgan fingerprint density at radius 1 is 1.43 bits per heavy atom. The fourth-order valence-corrected chi connectivity index (χ4v) is 3.64. The molecule has 3 atom stereocenters. The number of hydrogen-bond donors (Lipinski definition) is 3. The molecule has 2 fully saturated rings. The molecule has 3 heterocycles. The molecule has 0 unspecified atom stereocenters. The molecule has 0 saturated carbocycles. The van der Waals surface area contributed by atoms with Crippen molar-refractivity contribution in [1.82, 2.24) is 9.80 Å². The van der Waals surface area contributed by atoms with Crippen LogP contribution in [0.4, 0.5) is 0 Å². The van der Waals surface area contributed by atoms with Gasteiger partial charge in [-0.2, -0.15) is 0 Å². The number of nitrogens with zero attached hydrogens (tertiary/aromatic N) is 2. The fourth-order valence-electron chi connectivity index (χ4n) is 3.64. The molecule has 0 aromatic heterocycles. The Morgan fingerprint density at radius 2 is 2.05 bits per heavy atom. The number of amides is 1. The number of carbonyl (C=O) groups excluding carboxylic acids is 1. The van der Waals surface area contributed by atoms with Crippen molar-refractivity contribution in [1.29, 1.82) is 5.41 Å². The highest BCUT2D eigenvalue weighted by Crippen LogP contribution is 2.47. The van der Waals surface area contributed by atoms with Gasteiger partial charge in [0.15, 0.2) is 0 Å². The number of aliphatic hydroxyl groups is 1. The molecule has 0 spiro atoms. The minimum absolute atomic E-state index is 0.0875. The molecule has 0 bridgehead atoms. The second-order valence-corrected chi connectivity index (χ2v) is 6.11. The summed E-state index contributed by atoms with van der Waals surface area (Å²) in [7, 11) is 0. The smallest absolute Gasteiger partial charge is 0.352 e. The molecule has 21 heavy (non-hydrogen) atoms. The van der Waals surface area contributed by atoms with E-state index in [1.807, 2.05) is 4.90 Å². The summed E-state index contributed by atoms with van der Waals surface area (Å²) in [6.07, 6.45) is -0.228. The first kappa shape index (κ1) is 14.1. The highest BCUT2D eigenvalue weighted by molar-refractivity contribution is 5.99. The molecule has 7 heteroatoms. The van der Waals surface area contributed by atoms with Crippen molar-refractivity contribution in [2.45, 2.75) is 32.4 Å². The highest BCUT2D eigenvalue weighted by atomic mass is 16.4. The van der Waals surface area contributed by atoms with Crippen LogP contribution in [-0.4, -0.2) is 63.0 Å². The average molecular weight is 293 g/mol. The number of nitrogens with one attached hydrogen (secondary N) is 1. The van der Waals surface area contributed by atoms with E-state index in [4.69, 9.17) is 5.41 Å². The Hall–Kier alpha value is -1.89. The zero-order chi connectivity index (χ0) is 15.5. The van der Waals surface area contributed by atoms with E-state index in [0.717, 1.165) is 5.57 Å². The Bertz CT molecular complexity index is 563. The van der Waals surface area contributed by atoms with Gasteiger partial charge in [0, 0.05) is 19.0 Å². The van der Waals surface area contributed by atoms with Gasteiger partial charge in [-0.3, -0.25) is 10.2 Å². The number of carboxylic acids is 1. The third-order valence-electron chi connectivity index (χ3n) is 4.81. The predicted octanol–water partition coefficient (Wildman–Crippen LogP) is -0.134. The van der Waals surface area contributed by atoms with E-state index in [1.54, 1.807) is 13.8 Å². The number of aliphatic carboxylic acids is 1. The fraction of sp³-hybridized carbons (Fsp3) is 0.643. The first-order valence-electron chi connectivity index (χ1n) is 7.10. The number of carboxylic acid groups (broad SMARTS) is 1. The lowest BCUT2D eigenvalue weighted by Gasteiger charge is -2.44. The molecule has 3 rings (SSSR count). The minimum Gasteiger partial charge on any atom is -0.477 e. The molecule has 3 N–H and O–H groups in total. The van der Waals surface area contributed by atoms with E-state index in [-0.39, 0.29) is 23.6 Å². The van der Waals surface area contributed by atoms with Crippen molar-refractivity contribution in [3.8, 4) is 0 Å². The van der Waals surface area contributed by atoms with Gasteiger partial charge in [-0.25, -0.2) is 4.79 Å². The number of carbonyl (C=O) groups is 2. The number of fused-ring (bicyclic) bond motifs is 1. The second kappa shape index (κ2) is 4.56. The van der Waals surface area contributed by atoms with Gasteiger partial charge in [0.2, 0.25) is 5.91 Å². The van der Waals surface area contributed by atoms with Crippen LogP contribution < -0.4 is 0 Å².